The fourth-order valence-electron chi connectivity index (χ4n) is 2.71. The van der Waals surface area contributed by atoms with Crippen LogP contribution in [-0.4, -0.2) is 47.5 Å². The smallest absolute Gasteiger partial charge is 0.213 e. The topological polar surface area (TPSA) is 85.6 Å². The highest BCUT2D eigenvalue weighted by atomic mass is 127. The maximum absolute atomic E-state index is 5.63. The Morgan fingerprint density at radius 2 is 1.87 bits per heavy atom. The molecule has 0 unspecified atom stereocenters. The van der Waals surface area contributed by atoms with Crippen LogP contribution in [0.1, 0.15) is 12.0 Å². The van der Waals surface area contributed by atoms with Crippen LogP contribution in [0.25, 0.3) is 0 Å². The molecule has 0 aliphatic carbocycles. The lowest BCUT2D eigenvalue weighted by molar-refractivity contribution is 0.212. The second-order valence-electron chi connectivity index (χ2n) is 6.49. The van der Waals surface area contributed by atoms with Gasteiger partial charge in [0.2, 0.25) is 5.88 Å². The largest absolute Gasteiger partial charge is 0.490 e. The van der Waals surface area contributed by atoms with Crippen LogP contribution in [0.5, 0.6) is 11.6 Å². The van der Waals surface area contributed by atoms with E-state index in [0.29, 0.717) is 25.6 Å². The zero-order valence-corrected chi connectivity index (χ0v) is 19.9. The van der Waals surface area contributed by atoms with Crippen molar-refractivity contribution >= 4 is 29.9 Å². The minimum absolute atomic E-state index is 0. The number of aliphatic imine (C=N–C) groups is 1. The minimum atomic E-state index is 0. The van der Waals surface area contributed by atoms with Gasteiger partial charge in [-0.05, 0) is 30.2 Å². The normalized spacial score (nSPS) is 10.8. The number of benzene rings is 1. The zero-order chi connectivity index (χ0) is 20.9. The van der Waals surface area contributed by atoms with Crippen molar-refractivity contribution in [3.05, 3.63) is 72.7 Å². The van der Waals surface area contributed by atoms with Crippen LogP contribution in [0.4, 0.5) is 0 Å². The van der Waals surface area contributed by atoms with Crippen LogP contribution in [0.3, 0.4) is 0 Å². The van der Waals surface area contributed by atoms with Crippen LogP contribution in [-0.2, 0) is 13.1 Å². The number of pyridine rings is 1. The third kappa shape index (κ3) is 9.24. The van der Waals surface area contributed by atoms with E-state index in [4.69, 9.17) is 9.47 Å². The Morgan fingerprint density at radius 1 is 1.03 bits per heavy atom. The van der Waals surface area contributed by atoms with E-state index >= 15 is 0 Å². The van der Waals surface area contributed by atoms with Crippen molar-refractivity contribution in [3.8, 4) is 11.6 Å². The van der Waals surface area contributed by atoms with Crippen molar-refractivity contribution in [1.82, 2.24) is 25.4 Å². The maximum Gasteiger partial charge on any atom is 0.213 e. The Kier molecular flexibility index (Phi) is 11.2. The summed E-state index contributed by atoms with van der Waals surface area (Å²) in [6.07, 6.45) is 6.51. The molecule has 9 heteroatoms. The van der Waals surface area contributed by atoms with Gasteiger partial charge in [0.15, 0.2) is 5.96 Å². The lowest BCUT2D eigenvalue weighted by Crippen LogP contribution is -2.37. The molecule has 2 heterocycles. The fraction of sp³-hybridized carbons (Fsp3) is 0.318. The molecule has 0 saturated heterocycles. The lowest BCUT2D eigenvalue weighted by atomic mass is 10.3. The molecule has 0 spiro atoms. The minimum Gasteiger partial charge on any atom is -0.490 e. The summed E-state index contributed by atoms with van der Waals surface area (Å²) in [6, 6.07) is 15.4. The van der Waals surface area contributed by atoms with Gasteiger partial charge in [-0.3, -0.25) is 9.67 Å². The van der Waals surface area contributed by atoms with Gasteiger partial charge in [0, 0.05) is 51.3 Å². The standard InChI is InChI=1S/C22H28N6O2.HI/c1-23-22(24-11-5-13-28-14-6-12-27-28)26-18-19-9-10-21(25-17-19)30-16-15-29-20-7-3-2-4-8-20;/h2-4,6-10,12,14,17H,5,11,13,15-16,18H2,1H3,(H2,23,24,26);1H. The first-order valence-corrected chi connectivity index (χ1v) is 10.0. The molecule has 3 rings (SSSR count). The number of hydrogen-bond donors (Lipinski definition) is 2. The van der Waals surface area contributed by atoms with E-state index in [-0.39, 0.29) is 24.0 Å². The van der Waals surface area contributed by atoms with E-state index < -0.39 is 0 Å². The second kappa shape index (κ2) is 14.2. The molecule has 0 saturated carbocycles. The molecule has 0 radical (unpaired) electrons. The number of nitrogens with one attached hydrogen (secondary N) is 2. The molecule has 0 amide bonds. The summed E-state index contributed by atoms with van der Waals surface area (Å²) < 4.78 is 13.1. The van der Waals surface area contributed by atoms with Crippen molar-refractivity contribution in [1.29, 1.82) is 0 Å². The van der Waals surface area contributed by atoms with Crippen LogP contribution in [0, 0.1) is 0 Å². The molecule has 1 aromatic carbocycles. The van der Waals surface area contributed by atoms with Crippen molar-refractivity contribution < 1.29 is 9.47 Å². The van der Waals surface area contributed by atoms with Gasteiger partial charge < -0.3 is 20.1 Å². The fourth-order valence-corrected chi connectivity index (χ4v) is 2.71. The van der Waals surface area contributed by atoms with E-state index in [0.717, 1.165) is 36.8 Å². The molecule has 0 atom stereocenters. The van der Waals surface area contributed by atoms with E-state index in [9.17, 15) is 0 Å². The number of hydrogen-bond acceptors (Lipinski definition) is 5. The average molecular weight is 536 g/mol. The predicted molar refractivity (Wildman–Crippen MR) is 132 cm³/mol. The Balaban J connectivity index is 0.00000341. The molecular formula is C22H29IN6O2. The van der Waals surface area contributed by atoms with Crippen molar-refractivity contribution in [2.75, 3.05) is 26.8 Å². The highest BCUT2D eigenvalue weighted by molar-refractivity contribution is 14.0. The molecule has 0 aliphatic heterocycles. The maximum atomic E-state index is 5.63. The summed E-state index contributed by atoms with van der Waals surface area (Å²) in [4.78, 5) is 8.59. The van der Waals surface area contributed by atoms with Crippen molar-refractivity contribution in [2.24, 2.45) is 4.99 Å². The number of aromatic nitrogens is 3. The highest BCUT2D eigenvalue weighted by Crippen LogP contribution is 2.09. The Hall–Kier alpha value is -2.82. The number of nitrogens with zero attached hydrogens (tertiary/aromatic N) is 4. The first-order valence-electron chi connectivity index (χ1n) is 10.0. The van der Waals surface area contributed by atoms with Gasteiger partial charge in [-0.2, -0.15) is 5.10 Å². The number of guanidine groups is 1. The molecule has 8 nitrogen and oxygen atoms in total. The van der Waals surface area contributed by atoms with Gasteiger partial charge in [0.1, 0.15) is 19.0 Å². The first-order chi connectivity index (χ1) is 14.8. The Bertz CT molecular complexity index is 873. The van der Waals surface area contributed by atoms with Crippen LogP contribution < -0.4 is 20.1 Å². The van der Waals surface area contributed by atoms with Crippen molar-refractivity contribution in [3.63, 3.8) is 0 Å². The van der Waals surface area contributed by atoms with E-state index in [1.807, 2.05) is 59.4 Å². The summed E-state index contributed by atoms with van der Waals surface area (Å²) in [5, 5.41) is 10.8. The summed E-state index contributed by atoms with van der Waals surface area (Å²) in [6.45, 7) is 3.23. The molecule has 0 aliphatic rings. The van der Waals surface area contributed by atoms with Gasteiger partial charge in [0.25, 0.3) is 0 Å². The monoisotopic (exact) mass is 536 g/mol. The van der Waals surface area contributed by atoms with Gasteiger partial charge in [0.05, 0.1) is 0 Å². The highest BCUT2D eigenvalue weighted by Gasteiger charge is 2.01. The van der Waals surface area contributed by atoms with Gasteiger partial charge in [-0.15, -0.1) is 24.0 Å². The number of para-hydroxylation sites is 1. The van der Waals surface area contributed by atoms with Crippen LogP contribution in [0.15, 0.2) is 72.1 Å². The predicted octanol–water partition coefficient (Wildman–Crippen LogP) is 3.11. The third-order valence-corrected chi connectivity index (χ3v) is 4.24. The molecule has 0 fully saturated rings. The van der Waals surface area contributed by atoms with E-state index in [1.54, 1.807) is 19.4 Å². The molecule has 166 valence electrons. The lowest BCUT2D eigenvalue weighted by Gasteiger charge is -2.12. The number of aryl methyl sites for hydroxylation is 1. The number of halogens is 1. The zero-order valence-electron chi connectivity index (χ0n) is 17.6. The number of rotatable bonds is 11. The van der Waals surface area contributed by atoms with E-state index in [1.165, 1.54) is 0 Å². The Labute approximate surface area is 200 Å². The molecule has 2 N–H and O–H groups in total. The third-order valence-electron chi connectivity index (χ3n) is 4.24. The SMILES string of the molecule is CN=C(NCCCn1cccn1)NCc1ccc(OCCOc2ccccc2)nc1.I. The summed E-state index contributed by atoms with van der Waals surface area (Å²) in [7, 11) is 1.76. The van der Waals surface area contributed by atoms with Crippen molar-refractivity contribution in [2.45, 2.75) is 19.5 Å². The summed E-state index contributed by atoms with van der Waals surface area (Å²) >= 11 is 0. The number of ether oxygens (including phenoxy) is 2. The van der Waals surface area contributed by atoms with Gasteiger partial charge >= 0.3 is 0 Å². The van der Waals surface area contributed by atoms with Crippen LogP contribution >= 0.6 is 24.0 Å². The van der Waals surface area contributed by atoms with Gasteiger partial charge in [-0.25, -0.2) is 4.98 Å². The average Bonchev–Trinajstić information content (AvgIpc) is 3.31. The van der Waals surface area contributed by atoms with E-state index in [2.05, 4.69) is 25.7 Å². The second-order valence-corrected chi connectivity index (χ2v) is 6.49. The molecular weight excluding hydrogens is 507 g/mol. The first kappa shape index (κ1) is 24.4. The molecule has 0 bridgehead atoms. The summed E-state index contributed by atoms with van der Waals surface area (Å²) in [5.74, 6) is 2.17. The summed E-state index contributed by atoms with van der Waals surface area (Å²) in [5.41, 5.74) is 1.04. The molecule has 3 aromatic rings. The van der Waals surface area contributed by atoms with Crippen LogP contribution in [0.2, 0.25) is 0 Å². The molecule has 31 heavy (non-hydrogen) atoms. The van der Waals surface area contributed by atoms with Gasteiger partial charge in [-0.1, -0.05) is 24.3 Å². The quantitative estimate of drug-likeness (QED) is 0.170. The molecule has 2 aromatic heterocycles. The Morgan fingerprint density at radius 3 is 2.58 bits per heavy atom.